The van der Waals surface area contributed by atoms with E-state index in [-0.39, 0.29) is 23.5 Å². The third kappa shape index (κ3) is 4.10. The zero-order valence-corrected chi connectivity index (χ0v) is 20.7. The molecule has 4 heterocycles. The molecule has 0 radical (unpaired) electrons. The van der Waals surface area contributed by atoms with E-state index in [1.807, 2.05) is 9.58 Å². The lowest BCUT2D eigenvalue weighted by Gasteiger charge is -2.31. The minimum Gasteiger partial charge on any atom is -0.508 e. The zero-order chi connectivity index (χ0) is 25.8. The number of benzene rings is 1. The van der Waals surface area contributed by atoms with Crippen LogP contribution in [0.25, 0.3) is 33.3 Å². The number of aromatic nitrogens is 5. The van der Waals surface area contributed by atoms with Crippen molar-refractivity contribution < 1.29 is 19.4 Å². The van der Waals surface area contributed by atoms with Crippen molar-refractivity contribution in [3.63, 3.8) is 0 Å². The smallest absolute Gasteiger partial charge is 0.419 e. The van der Waals surface area contributed by atoms with Gasteiger partial charge >= 0.3 is 6.09 Å². The van der Waals surface area contributed by atoms with Gasteiger partial charge in [-0.15, -0.1) is 0 Å². The Labute approximate surface area is 207 Å². The van der Waals surface area contributed by atoms with Crippen LogP contribution in [0.5, 0.6) is 5.75 Å². The largest absolute Gasteiger partial charge is 0.508 e. The van der Waals surface area contributed by atoms with E-state index in [2.05, 4.69) is 9.97 Å². The van der Waals surface area contributed by atoms with Gasteiger partial charge in [-0.25, -0.2) is 24.0 Å². The van der Waals surface area contributed by atoms with Crippen LogP contribution >= 0.6 is 0 Å². The van der Waals surface area contributed by atoms with Crippen LogP contribution < -0.4 is 5.73 Å². The Bertz CT molecular complexity index is 1490. The van der Waals surface area contributed by atoms with Crippen molar-refractivity contribution in [2.24, 2.45) is 0 Å². The van der Waals surface area contributed by atoms with Gasteiger partial charge in [0, 0.05) is 25.4 Å². The normalized spacial score (nSPS) is 15.1. The fourth-order valence-corrected chi connectivity index (χ4v) is 4.74. The van der Waals surface area contributed by atoms with Crippen LogP contribution in [0.3, 0.4) is 0 Å². The van der Waals surface area contributed by atoms with Crippen LogP contribution in [-0.4, -0.2) is 65.0 Å². The van der Waals surface area contributed by atoms with E-state index in [1.54, 1.807) is 45.9 Å². The average molecular weight is 492 g/mol. The number of aromatic hydroxyl groups is 1. The lowest BCUT2D eigenvalue weighted by molar-refractivity contribution is -0.130. The Hall–Kier alpha value is -4.15. The first kappa shape index (κ1) is 23.6. The highest BCUT2D eigenvalue weighted by Gasteiger charge is 2.30. The number of phenolic OH excluding ortho intramolecular Hbond substituents is 1. The summed E-state index contributed by atoms with van der Waals surface area (Å²) in [6.07, 6.45) is 2.24. The molecule has 11 nitrogen and oxygen atoms in total. The van der Waals surface area contributed by atoms with Crippen LogP contribution in [0.15, 0.2) is 30.6 Å². The number of rotatable bonds is 2. The average Bonchev–Trinajstić information content (AvgIpc) is 3.37. The number of anilines is 1. The number of ether oxygens (including phenoxy) is 1. The second-order valence-electron chi connectivity index (χ2n) is 10.1. The van der Waals surface area contributed by atoms with Gasteiger partial charge in [-0.3, -0.25) is 4.79 Å². The molecular formula is C25H29N7O4. The molecule has 1 amide bonds. The van der Waals surface area contributed by atoms with Gasteiger partial charge in [0.2, 0.25) is 5.91 Å². The number of nitrogens with zero attached hydrogens (tertiary/aromatic N) is 6. The quantitative estimate of drug-likeness (QED) is 0.432. The zero-order valence-electron chi connectivity index (χ0n) is 20.7. The van der Waals surface area contributed by atoms with Gasteiger partial charge in [0.05, 0.1) is 22.6 Å². The summed E-state index contributed by atoms with van der Waals surface area (Å²) in [5, 5.41) is 16.1. The van der Waals surface area contributed by atoms with E-state index in [0.717, 1.165) is 0 Å². The van der Waals surface area contributed by atoms with Crippen LogP contribution in [0, 0.1) is 0 Å². The van der Waals surface area contributed by atoms with Gasteiger partial charge in [0.15, 0.2) is 5.65 Å². The maximum atomic E-state index is 13.4. The Morgan fingerprint density at radius 3 is 2.53 bits per heavy atom. The van der Waals surface area contributed by atoms with Gasteiger partial charge in [-0.05, 0) is 57.9 Å². The Kier molecular flexibility index (Phi) is 5.57. The number of fused-ring (bicyclic) bond motifs is 2. The van der Waals surface area contributed by atoms with Gasteiger partial charge in [-0.2, -0.15) is 5.10 Å². The molecule has 1 aromatic carbocycles. The van der Waals surface area contributed by atoms with Crippen LogP contribution in [-0.2, 0) is 9.53 Å². The molecule has 0 atom stereocenters. The molecular weight excluding hydrogens is 462 g/mol. The fourth-order valence-electron chi connectivity index (χ4n) is 4.74. The monoisotopic (exact) mass is 491 g/mol. The summed E-state index contributed by atoms with van der Waals surface area (Å²) >= 11 is 0. The van der Waals surface area contributed by atoms with Crippen molar-refractivity contribution in [2.45, 2.75) is 52.2 Å². The van der Waals surface area contributed by atoms with E-state index < -0.39 is 11.7 Å². The molecule has 1 aliphatic rings. The number of hydrogen-bond donors (Lipinski definition) is 2. The number of hydrogen-bond acceptors (Lipinski definition) is 8. The molecule has 3 N–H and O–H groups in total. The molecule has 11 heteroatoms. The number of likely N-dealkylation sites (tertiary alicyclic amines) is 1. The number of piperidine rings is 1. The van der Waals surface area contributed by atoms with Crippen molar-refractivity contribution in [3.8, 4) is 17.1 Å². The predicted molar refractivity (Wildman–Crippen MR) is 134 cm³/mol. The first-order valence-electron chi connectivity index (χ1n) is 11.9. The first-order valence-corrected chi connectivity index (χ1v) is 11.9. The summed E-state index contributed by atoms with van der Waals surface area (Å²) in [6.45, 7) is 8.20. The SMILES string of the molecule is CC(=O)N1CCC(n2nc(-c3cc4cc(O)ccc4n3C(=O)OC(C)(C)C)c3c(N)ncnc32)CC1. The number of phenols is 1. The molecule has 1 fully saturated rings. The molecule has 5 rings (SSSR count). The minimum atomic E-state index is -0.726. The van der Waals surface area contributed by atoms with E-state index in [4.69, 9.17) is 15.6 Å². The highest BCUT2D eigenvalue weighted by atomic mass is 16.6. The third-order valence-electron chi connectivity index (χ3n) is 6.38. The molecule has 0 saturated carbocycles. The predicted octanol–water partition coefficient (Wildman–Crippen LogP) is 3.70. The van der Waals surface area contributed by atoms with E-state index in [0.29, 0.717) is 59.3 Å². The second kappa shape index (κ2) is 8.51. The minimum absolute atomic E-state index is 0.00505. The first-order chi connectivity index (χ1) is 17.0. The van der Waals surface area contributed by atoms with Crippen LogP contribution in [0.2, 0.25) is 0 Å². The molecule has 188 valence electrons. The number of nitrogens with two attached hydrogens (primary N) is 1. The molecule has 0 spiro atoms. The molecule has 0 unspecified atom stereocenters. The van der Waals surface area contributed by atoms with E-state index in [9.17, 15) is 14.7 Å². The van der Waals surface area contributed by atoms with Gasteiger partial charge < -0.3 is 20.5 Å². The number of carbonyl (C=O) groups excluding carboxylic acids is 2. The third-order valence-corrected chi connectivity index (χ3v) is 6.38. The summed E-state index contributed by atoms with van der Waals surface area (Å²) < 4.78 is 8.98. The molecule has 3 aromatic heterocycles. The lowest BCUT2D eigenvalue weighted by Crippen LogP contribution is -2.37. The van der Waals surface area contributed by atoms with E-state index in [1.165, 1.54) is 17.0 Å². The fraction of sp³-hybridized carbons (Fsp3) is 0.400. The highest BCUT2D eigenvalue weighted by molar-refractivity contribution is 6.03. The van der Waals surface area contributed by atoms with Crippen molar-refractivity contribution in [1.29, 1.82) is 0 Å². The number of amides is 1. The maximum Gasteiger partial charge on any atom is 0.419 e. The Morgan fingerprint density at radius 1 is 1.14 bits per heavy atom. The molecule has 4 aromatic rings. The van der Waals surface area contributed by atoms with Crippen LogP contribution in [0.4, 0.5) is 10.6 Å². The number of nitrogen functional groups attached to an aromatic ring is 1. The summed E-state index contributed by atoms with van der Waals surface area (Å²) in [5.41, 5.74) is 7.61. The standard InChI is InChI=1S/C25H29N7O4/c1-14(33)30-9-7-16(8-10-30)32-23-20(22(26)27-13-28-23)21(29-32)19-12-15-11-17(34)5-6-18(15)31(19)24(35)36-25(2,3)4/h5-6,11-13,16,34H,7-10H2,1-4H3,(H2,26,27,28). The van der Waals surface area contributed by atoms with E-state index >= 15 is 0 Å². The highest BCUT2D eigenvalue weighted by Crippen LogP contribution is 2.37. The summed E-state index contributed by atoms with van der Waals surface area (Å²) in [7, 11) is 0. The molecule has 1 aliphatic heterocycles. The van der Waals surface area contributed by atoms with Gasteiger partial charge in [0.25, 0.3) is 0 Å². The van der Waals surface area contributed by atoms with Crippen molar-refractivity contribution in [3.05, 3.63) is 30.6 Å². The summed E-state index contributed by atoms with van der Waals surface area (Å²) in [5.74, 6) is 0.369. The van der Waals surface area contributed by atoms with Crippen molar-refractivity contribution in [2.75, 3.05) is 18.8 Å². The topological polar surface area (TPSA) is 141 Å². The Balaban J connectivity index is 1.70. The lowest BCUT2D eigenvalue weighted by atomic mass is 10.1. The maximum absolute atomic E-state index is 13.4. The van der Waals surface area contributed by atoms with Crippen molar-refractivity contribution >= 4 is 39.8 Å². The Morgan fingerprint density at radius 2 is 1.86 bits per heavy atom. The molecule has 1 saturated heterocycles. The number of carbonyl (C=O) groups is 2. The second-order valence-corrected chi connectivity index (χ2v) is 10.1. The molecule has 36 heavy (non-hydrogen) atoms. The molecule has 0 aliphatic carbocycles. The van der Waals surface area contributed by atoms with Crippen molar-refractivity contribution in [1.82, 2.24) is 29.2 Å². The molecule has 0 bridgehead atoms. The van der Waals surface area contributed by atoms with Crippen LogP contribution in [0.1, 0.15) is 46.6 Å². The van der Waals surface area contributed by atoms with Gasteiger partial charge in [-0.1, -0.05) is 0 Å². The summed E-state index contributed by atoms with van der Waals surface area (Å²) in [4.78, 5) is 35.7. The van der Waals surface area contributed by atoms with Gasteiger partial charge in [0.1, 0.15) is 29.2 Å². The summed E-state index contributed by atoms with van der Waals surface area (Å²) in [6, 6.07) is 6.53.